The van der Waals surface area contributed by atoms with E-state index in [1.165, 1.54) is 6.92 Å². The van der Waals surface area contributed by atoms with E-state index in [2.05, 4.69) is 5.32 Å². The molecule has 0 aromatic heterocycles. The summed E-state index contributed by atoms with van der Waals surface area (Å²) in [6.45, 7) is 3.63. The Kier molecular flexibility index (Phi) is 4.65. The highest BCUT2D eigenvalue weighted by molar-refractivity contribution is 6.07. The molecule has 2 aromatic carbocycles. The van der Waals surface area contributed by atoms with E-state index in [-0.39, 0.29) is 24.0 Å². The number of hydrogen-bond acceptors (Lipinski definition) is 3. The molecule has 2 amide bonds. The highest BCUT2D eigenvalue weighted by atomic mass is 16.2. The number of hydrogen-bond donors (Lipinski definition) is 1. The topological polar surface area (TPSA) is 66.5 Å². The molecule has 0 bridgehead atoms. The molecule has 1 atom stereocenters. The maximum absolute atomic E-state index is 12.8. The van der Waals surface area contributed by atoms with E-state index >= 15 is 0 Å². The molecule has 0 fully saturated rings. The summed E-state index contributed by atoms with van der Waals surface area (Å²) in [6.07, 6.45) is 0.232. The molecule has 0 radical (unpaired) electrons. The fourth-order valence-electron chi connectivity index (χ4n) is 3.11. The largest absolute Gasteiger partial charge is 0.341 e. The van der Waals surface area contributed by atoms with Crippen molar-refractivity contribution in [1.29, 1.82) is 0 Å². The average Bonchev–Trinajstić information content (AvgIpc) is 2.84. The first-order valence-corrected chi connectivity index (χ1v) is 8.24. The molecule has 0 unspecified atom stereocenters. The number of rotatable bonds is 5. The molecule has 128 valence electrons. The van der Waals surface area contributed by atoms with Crippen molar-refractivity contribution in [2.45, 2.75) is 26.3 Å². The highest BCUT2D eigenvalue weighted by Gasteiger charge is 2.37. The Hall–Kier alpha value is -2.95. The first-order valence-electron chi connectivity index (χ1n) is 8.24. The maximum atomic E-state index is 12.8. The van der Waals surface area contributed by atoms with Crippen molar-refractivity contribution in [3.63, 3.8) is 0 Å². The molecule has 5 nitrogen and oxygen atoms in total. The minimum absolute atomic E-state index is 0.00922. The lowest BCUT2D eigenvalue weighted by Gasteiger charge is -2.17. The number of carbonyl (C=O) groups excluding carboxylic acids is 3. The summed E-state index contributed by atoms with van der Waals surface area (Å²) in [4.78, 5) is 38.1. The molecule has 3 rings (SSSR count). The number of benzene rings is 2. The fourth-order valence-corrected chi connectivity index (χ4v) is 3.11. The second kappa shape index (κ2) is 6.89. The minimum atomic E-state index is -0.681. The van der Waals surface area contributed by atoms with E-state index in [9.17, 15) is 14.4 Å². The quantitative estimate of drug-likeness (QED) is 0.854. The van der Waals surface area contributed by atoms with Crippen LogP contribution in [0.1, 0.15) is 40.9 Å². The normalized spacial score (nSPS) is 15.8. The third kappa shape index (κ3) is 3.45. The van der Waals surface area contributed by atoms with Crippen LogP contribution in [-0.4, -0.2) is 24.1 Å². The summed E-state index contributed by atoms with van der Waals surface area (Å²) in [6, 6.07) is 14.1. The molecule has 25 heavy (non-hydrogen) atoms. The van der Waals surface area contributed by atoms with E-state index in [4.69, 9.17) is 0 Å². The highest BCUT2D eigenvalue weighted by Crippen LogP contribution is 2.36. The van der Waals surface area contributed by atoms with Crippen LogP contribution in [0, 0.1) is 6.92 Å². The smallest absolute Gasteiger partial charge is 0.254 e. The lowest BCUT2D eigenvalue weighted by molar-refractivity contribution is -0.126. The van der Waals surface area contributed by atoms with Gasteiger partial charge < -0.3 is 10.2 Å². The van der Waals surface area contributed by atoms with Gasteiger partial charge in [0.05, 0.1) is 0 Å². The van der Waals surface area contributed by atoms with Crippen LogP contribution in [0.2, 0.25) is 0 Å². The van der Waals surface area contributed by atoms with Crippen molar-refractivity contribution in [3.05, 3.63) is 65.2 Å². The van der Waals surface area contributed by atoms with Gasteiger partial charge in [0.15, 0.2) is 5.78 Å². The first-order chi connectivity index (χ1) is 12.0. The summed E-state index contributed by atoms with van der Waals surface area (Å²) in [7, 11) is 0. The van der Waals surface area contributed by atoms with Crippen LogP contribution in [0.25, 0.3) is 0 Å². The van der Waals surface area contributed by atoms with Gasteiger partial charge in [0, 0.05) is 36.7 Å². The molecule has 1 aliphatic rings. The SMILES string of the molecule is CC(=O)N[C@H]1C(=O)N(CCC(=O)c2ccccc2)c2ccc(C)cc21. The van der Waals surface area contributed by atoms with Crippen LogP contribution < -0.4 is 10.2 Å². The number of nitrogens with zero attached hydrogens (tertiary/aromatic N) is 1. The first kappa shape index (κ1) is 16.9. The second-order valence-electron chi connectivity index (χ2n) is 6.22. The zero-order chi connectivity index (χ0) is 18.0. The Morgan fingerprint density at radius 1 is 1.12 bits per heavy atom. The Morgan fingerprint density at radius 3 is 2.52 bits per heavy atom. The van der Waals surface area contributed by atoms with Gasteiger partial charge in [-0.15, -0.1) is 0 Å². The Bertz CT molecular complexity index is 830. The molecule has 0 saturated carbocycles. The second-order valence-corrected chi connectivity index (χ2v) is 6.22. The van der Waals surface area contributed by atoms with Crippen molar-refractivity contribution < 1.29 is 14.4 Å². The van der Waals surface area contributed by atoms with Gasteiger partial charge in [-0.25, -0.2) is 0 Å². The summed E-state index contributed by atoms with van der Waals surface area (Å²) >= 11 is 0. The predicted molar refractivity (Wildman–Crippen MR) is 95.5 cm³/mol. The van der Waals surface area contributed by atoms with Gasteiger partial charge >= 0.3 is 0 Å². The van der Waals surface area contributed by atoms with Crippen molar-refractivity contribution in [3.8, 4) is 0 Å². The van der Waals surface area contributed by atoms with E-state index in [1.807, 2.05) is 43.3 Å². The standard InChI is InChI=1S/C20H20N2O3/c1-13-8-9-17-16(12-13)19(21-14(2)23)20(25)22(17)11-10-18(24)15-6-4-3-5-7-15/h3-9,12,19H,10-11H2,1-2H3,(H,21,23)/t19-/m1/s1. The molecule has 1 heterocycles. The zero-order valence-corrected chi connectivity index (χ0v) is 14.3. The Balaban J connectivity index is 1.81. The molecule has 0 aliphatic carbocycles. The number of aryl methyl sites for hydroxylation is 1. The van der Waals surface area contributed by atoms with Gasteiger partial charge in [0.1, 0.15) is 6.04 Å². The molecule has 0 spiro atoms. The third-order valence-corrected chi connectivity index (χ3v) is 4.30. The van der Waals surface area contributed by atoms with E-state index in [0.29, 0.717) is 12.1 Å². The van der Waals surface area contributed by atoms with Gasteiger partial charge in [-0.05, 0) is 13.0 Å². The molecular formula is C20H20N2O3. The van der Waals surface area contributed by atoms with Crippen molar-refractivity contribution in [2.24, 2.45) is 0 Å². The molecule has 0 saturated heterocycles. The van der Waals surface area contributed by atoms with Crippen LogP contribution in [0.15, 0.2) is 48.5 Å². The van der Waals surface area contributed by atoms with Gasteiger partial charge in [-0.3, -0.25) is 14.4 Å². The lowest BCUT2D eigenvalue weighted by Crippen LogP contribution is -2.37. The summed E-state index contributed by atoms with van der Waals surface area (Å²) in [5.41, 5.74) is 3.20. The fraction of sp³-hybridized carbons (Fsp3) is 0.250. The van der Waals surface area contributed by atoms with Crippen LogP contribution in [0.4, 0.5) is 5.69 Å². The van der Waals surface area contributed by atoms with E-state index in [0.717, 1.165) is 16.8 Å². The summed E-state index contributed by atoms with van der Waals surface area (Å²) in [5, 5.41) is 2.71. The number of fused-ring (bicyclic) bond motifs is 1. The van der Waals surface area contributed by atoms with Gasteiger partial charge in [-0.1, -0.05) is 48.0 Å². The average molecular weight is 336 g/mol. The van der Waals surface area contributed by atoms with Gasteiger partial charge in [0.25, 0.3) is 5.91 Å². The van der Waals surface area contributed by atoms with Crippen molar-refractivity contribution in [1.82, 2.24) is 5.32 Å². The van der Waals surface area contributed by atoms with Gasteiger partial charge in [0.2, 0.25) is 5.91 Å². The number of anilines is 1. The number of nitrogens with one attached hydrogen (secondary N) is 1. The summed E-state index contributed by atoms with van der Waals surface area (Å²) < 4.78 is 0. The third-order valence-electron chi connectivity index (χ3n) is 4.30. The maximum Gasteiger partial charge on any atom is 0.254 e. The molecule has 2 aromatic rings. The van der Waals surface area contributed by atoms with Gasteiger partial charge in [-0.2, -0.15) is 0 Å². The van der Waals surface area contributed by atoms with E-state index < -0.39 is 6.04 Å². The van der Waals surface area contributed by atoms with Crippen LogP contribution >= 0.6 is 0 Å². The number of ketones is 1. The molecule has 5 heteroatoms. The molecule has 1 N–H and O–H groups in total. The Morgan fingerprint density at radius 2 is 1.84 bits per heavy atom. The predicted octanol–water partition coefficient (Wildman–Crippen LogP) is 2.79. The number of carbonyl (C=O) groups is 3. The minimum Gasteiger partial charge on any atom is -0.341 e. The zero-order valence-electron chi connectivity index (χ0n) is 14.3. The lowest BCUT2D eigenvalue weighted by atomic mass is 10.1. The summed E-state index contributed by atoms with van der Waals surface area (Å²) in [5.74, 6) is -0.463. The molecule has 1 aliphatic heterocycles. The van der Waals surface area contributed by atoms with Crippen molar-refractivity contribution in [2.75, 3.05) is 11.4 Å². The van der Waals surface area contributed by atoms with E-state index in [1.54, 1.807) is 17.0 Å². The van der Waals surface area contributed by atoms with Crippen LogP contribution in [0.5, 0.6) is 0 Å². The Labute approximate surface area is 146 Å². The monoisotopic (exact) mass is 336 g/mol. The number of Topliss-reactive ketones (excluding diaryl/α,β-unsaturated/α-hetero) is 1. The number of amides is 2. The van der Waals surface area contributed by atoms with Crippen LogP contribution in [0.3, 0.4) is 0 Å². The molecular weight excluding hydrogens is 316 g/mol. The van der Waals surface area contributed by atoms with Crippen LogP contribution in [-0.2, 0) is 9.59 Å². The van der Waals surface area contributed by atoms with Crippen molar-refractivity contribution >= 4 is 23.3 Å².